The van der Waals surface area contributed by atoms with E-state index in [0.717, 1.165) is 0 Å². The van der Waals surface area contributed by atoms with Crippen molar-refractivity contribution < 1.29 is 22.7 Å². The molecule has 0 unspecified atom stereocenters. The Bertz CT molecular complexity index is 979. The maximum Gasteiger partial charge on any atom is 0.246 e. The Hall–Kier alpha value is -2.29. The normalized spacial score (nSPS) is 17.6. The number of sulfonamides is 1. The summed E-state index contributed by atoms with van der Waals surface area (Å²) in [5.41, 5.74) is 0.632. The topological polar surface area (TPSA) is 84.9 Å². The van der Waals surface area contributed by atoms with E-state index in [1.54, 1.807) is 37.4 Å². The van der Waals surface area contributed by atoms with Gasteiger partial charge in [-0.3, -0.25) is 4.79 Å². The number of hydrogen-bond donors (Lipinski definition) is 1. The van der Waals surface area contributed by atoms with Crippen molar-refractivity contribution in [1.29, 1.82) is 0 Å². The van der Waals surface area contributed by atoms with Crippen LogP contribution in [0.4, 0.5) is 5.69 Å². The molecule has 3 rings (SSSR count). The minimum Gasteiger partial charge on any atom is -0.497 e. The van der Waals surface area contributed by atoms with E-state index in [-0.39, 0.29) is 23.1 Å². The Kier molecular flexibility index (Phi) is 6.66. The van der Waals surface area contributed by atoms with Crippen molar-refractivity contribution >= 4 is 33.2 Å². The molecule has 0 aromatic heterocycles. The number of benzene rings is 2. The first kappa shape index (κ1) is 21.4. The summed E-state index contributed by atoms with van der Waals surface area (Å²) in [5.74, 6) is 0.242. The van der Waals surface area contributed by atoms with Gasteiger partial charge in [-0.25, -0.2) is 8.42 Å². The van der Waals surface area contributed by atoms with Gasteiger partial charge in [0.25, 0.3) is 0 Å². The lowest BCUT2D eigenvalue weighted by Crippen LogP contribution is -2.43. The number of amides is 1. The van der Waals surface area contributed by atoms with Crippen LogP contribution in [0.15, 0.2) is 47.4 Å². The highest BCUT2D eigenvalue weighted by Crippen LogP contribution is 2.32. The van der Waals surface area contributed by atoms with Crippen LogP contribution in [0.25, 0.3) is 0 Å². The summed E-state index contributed by atoms with van der Waals surface area (Å²) < 4.78 is 37.9. The molecule has 29 heavy (non-hydrogen) atoms. The van der Waals surface area contributed by atoms with E-state index in [2.05, 4.69) is 5.32 Å². The van der Waals surface area contributed by atoms with E-state index in [1.165, 1.54) is 23.5 Å². The van der Waals surface area contributed by atoms with Crippen LogP contribution in [0.3, 0.4) is 0 Å². The highest BCUT2D eigenvalue weighted by atomic mass is 35.5. The molecule has 9 heteroatoms. The molecule has 2 aromatic rings. The van der Waals surface area contributed by atoms with Crippen molar-refractivity contribution in [3.05, 3.63) is 47.5 Å². The van der Waals surface area contributed by atoms with Gasteiger partial charge in [0.1, 0.15) is 16.4 Å². The Morgan fingerprint density at radius 2 is 1.86 bits per heavy atom. The van der Waals surface area contributed by atoms with Gasteiger partial charge in [0, 0.05) is 23.8 Å². The molecule has 0 aliphatic carbocycles. The third-order valence-electron chi connectivity index (χ3n) is 4.86. The zero-order valence-corrected chi connectivity index (χ0v) is 17.8. The van der Waals surface area contributed by atoms with Crippen molar-refractivity contribution in [2.24, 2.45) is 5.92 Å². The van der Waals surface area contributed by atoms with Crippen LogP contribution < -0.4 is 14.8 Å². The molecule has 1 N–H and O–H groups in total. The molecule has 1 amide bonds. The van der Waals surface area contributed by atoms with Crippen LogP contribution in [0.1, 0.15) is 12.8 Å². The molecule has 0 radical (unpaired) electrons. The third-order valence-corrected chi connectivity index (χ3v) is 6.98. The summed E-state index contributed by atoms with van der Waals surface area (Å²) in [6.45, 7) is 0.435. The van der Waals surface area contributed by atoms with Gasteiger partial charge in [-0.05, 0) is 55.3 Å². The molecule has 156 valence electrons. The van der Waals surface area contributed by atoms with Gasteiger partial charge >= 0.3 is 0 Å². The highest BCUT2D eigenvalue weighted by molar-refractivity contribution is 7.89. The van der Waals surface area contributed by atoms with E-state index in [4.69, 9.17) is 21.1 Å². The lowest BCUT2D eigenvalue weighted by Gasteiger charge is -2.31. The van der Waals surface area contributed by atoms with Gasteiger partial charge in [-0.2, -0.15) is 4.31 Å². The molecule has 1 aliphatic heterocycles. The zero-order chi connectivity index (χ0) is 21.0. The number of piperidine rings is 1. The molecule has 2 aromatic carbocycles. The van der Waals surface area contributed by atoms with Gasteiger partial charge in [0.15, 0.2) is 0 Å². The van der Waals surface area contributed by atoms with Crippen molar-refractivity contribution in [3.8, 4) is 11.5 Å². The molecular formula is C20H23ClN2O5S. The van der Waals surface area contributed by atoms with Gasteiger partial charge in [0.2, 0.25) is 15.9 Å². The summed E-state index contributed by atoms with van der Waals surface area (Å²) in [4.78, 5) is 12.7. The first-order chi connectivity index (χ1) is 13.8. The number of nitrogens with one attached hydrogen (secondary N) is 1. The van der Waals surface area contributed by atoms with Gasteiger partial charge < -0.3 is 14.8 Å². The number of methoxy groups -OCH3 is 2. The van der Waals surface area contributed by atoms with Gasteiger partial charge in [-0.1, -0.05) is 11.6 Å². The summed E-state index contributed by atoms with van der Waals surface area (Å²) in [7, 11) is -0.873. The monoisotopic (exact) mass is 438 g/mol. The fourth-order valence-corrected chi connectivity index (χ4v) is 5.23. The maximum absolute atomic E-state index is 13.2. The van der Waals surface area contributed by atoms with Crippen LogP contribution in [-0.2, 0) is 14.8 Å². The summed E-state index contributed by atoms with van der Waals surface area (Å²) in [6.07, 6.45) is 1.20. The van der Waals surface area contributed by atoms with Crippen LogP contribution in [0.5, 0.6) is 11.5 Å². The molecule has 1 heterocycles. The van der Waals surface area contributed by atoms with Crippen molar-refractivity contribution in [3.63, 3.8) is 0 Å². The van der Waals surface area contributed by atoms with E-state index in [0.29, 0.717) is 35.8 Å². The minimum absolute atomic E-state index is 0.00344. The fraction of sp³-hybridized carbons (Fsp3) is 0.350. The number of anilines is 1. The lowest BCUT2D eigenvalue weighted by molar-refractivity contribution is -0.120. The first-order valence-corrected chi connectivity index (χ1v) is 11.0. The number of hydrogen-bond acceptors (Lipinski definition) is 5. The Balaban J connectivity index is 1.75. The minimum atomic E-state index is -3.85. The molecule has 1 fully saturated rings. The second-order valence-electron chi connectivity index (χ2n) is 6.72. The van der Waals surface area contributed by atoms with Crippen molar-refractivity contribution in [1.82, 2.24) is 4.31 Å². The van der Waals surface area contributed by atoms with Gasteiger partial charge in [-0.15, -0.1) is 0 Å². The van der Waals surface area contributed by atoms with Gasteiger partial charge in [0.05, 0.1) is 20.1 Å². The maximum atomic E-state index is 13.2. The molecular weight excluding hydrogens is 416 g/mol. The number of carbonyl (C=O) groups excluding carboxylic acids is 1. The SMILES string of the molecule is COc1ccc(NC(=O)[C@H]2CCCN(S(=O)(=O)c3cc(Cl)ccc3OC)C2)cc1. The number of carbonyl (C=O) groups is 1. The molecule has 1 aliphatic rings. The summed E-state index contributed by atoms with van der Waals surface area (Å²) >= 11 is 6.00. The summed E-state index contributed by atoms with van der Waals surface area (Å²) in [6, 6.07) is 11.4. The number of halogens is 1. The van der Waals surface area contributed by atoms with E-state index in [1.807, 2.05) is 0 Å². The largest absolute Gasteiger partial charge is 0.497 e. The van der Waals surface area contributed by atoms with E-state index >= 15 is 0 Å². The molecule has 0 saturated carbocycles. The van der Waals surface area contributed by atoms with Crippen molar-refractivity contribution in [2.75, 3.05) is 32.6 Å². The number of nitrogens with zero attached hydrogens (tertiary/aromatic N) is 1. The highest BCUT2D eigenvalue weighted by Gasteiger charge is 2.35. The fourth-order valence-electron chi connectivity index (χ4n) is 3.28. The third kappa shape index (κ3) is 4.83. The second-order valence-corrected chi connectivity index (χ2v) is 9.06. The molecule has 0 spiro atoms. The van der Waals surface area contributed by atoms with Crippen LogP contribution in [0, 0.1) is 5.92 Å². The Labute approximate surface area is 175 Å². The first-order valence-electron chi connectivity index (χ1n) is 9.13. The molecule has 1 atom stereocenters. The number of ether oxygens (including phenoxy) is 2. The van der Waals surface area contributed by atoms with Crippen LogP contribution in [0.2, 0.25) is 5.02 Å². The predicted molar refractivity (Wildman–Crippen MR) is 111 cm³/mol. The lowest BCUT2D eigenvalue weighted by atomic mass is 9.99. The van der Waals surface area contributed by atoms with E-state index < -0.39 is 15.9 Å². The number of rotatable bonds is 6. The van der Waals surface area contributed by atoms with Crippen LogP contribution in [-0.4, -0.2) is 45.9 Å². The summed E-state index contributed by atoms with van der Waals surface area (Å²) in [5, 5.41) is 3.15. The van der Waals surface area contributed by atoms with Crippen molar-refractivity contribution in [2.45, 2.75) is 17.7 Å². The molecule has 7 nitrogen and oxygen atoms in total. The second kappa shape index (κ2) is 9.02. The smallest absolute Gasteiger partial charge is 0.246 e. The van der Waals surface area contributed by atoms with Crippen LogP contribution >= 0.6 is 11.6 Å². The van der Waals surface area contributed by atoms with E-state index in [9.17, 15) is 13.2 Å². The predicted octanol–water partition coefficient (Wildman–Crippen LogP) is 3.40. The zero-order valence-electron chi connectivity index (χ0n) is 16.2. The molecule has 0 bridgehead atoms. The molecule has 1 saturated heterocycles. The standard InChI is InChI=1S/C20H23ClN2O5S/c1-27-17-8-6-16(7-9-17)22-20(24)14-4-3-11-23(13-14)29(25,26)19-12-15(21)5-10-18(19)28-2/h5-10,12,14H,3-4,11,13H2,1-2H3,(H,22,24)/t14-/m0/s1. The quantitative estimate of drug-likeness (QED) is 0.747. The Morgan fingerprint density at radius 1 is 1.14 bits per heavy atom. The Morgan fingerprint density at radius 3 is 2.52 bits per heavy atom. The average Bonchev–Trinajstić information content (AvgIpc) is 2.74. The average molecular weight is 439 g/mol.